The third-order valence-electron chi connectivity index (χ3n) is 4.94. The molecule has 0 saturated carbocycles. The topological polar surface area (TPSA) is 90.5 Å². The summed E-state index contributed by atoms with van der Waals surface area (Å²) in [5.41, 5.74) is 0.464. The van der Waals surface area contributed by atoms with Gasteiger partial charge in [-0.15, -0.1) is 0 Å². The molecule has 4 amide bonds. The van der Waals surface area contributed by atoms with E-state index in [4.69, 9.17) is 11.6 Å². The maximum Gasteiger partial charge on any atom is 0.329 e. The highest BCUT2D eigenvalue weighted by atomic mass is 35.5. The van der Waals surface area contributed by atoms with E-state index in [1.807, 2.05) is 0 Å². The van der Waals surface area contributed by atoms with Gasteiger partial charge in [-0.05, 0) is 49.6 Å². The molecule has 0 aromatic heterocycles. The molecule has 0 bridgehead atoms. The van der Waals surface area contributed by atoms with Crippen LogP contribution >= 0.6 is 11.6 Å². The number of hydrogen-bond donors (Lipinski definition) is 3. The van der Waals surface area contributed by atoms with Crippen LogP contribution in [0.4, 0.5) is 10.5 Å². The van der Waals surface area contributed by atoms with E-state index >= 15 is 0 Å². The summed E-state index contributed by atoms with van der Waals surface area (Å²) in [6.07, 6.45) is 1.49. The summed E-state index contributed by atoms with van der Waals surface area (Å²) in [5.74, 6) is -0.0243. The fourth-order valence-electron chi connectivity index (χ4n) is 3.30. The normalized spacial score (nSPS) is 25.9. The molecular weight excluding hydrogens is 356 g/mol. The van der Waals surface area contributed by atoms with Gasteiger partial charge in [0.2, 0.25) is 5.91 Å². The monoisotopic (exact) mass is 378 g/mol. The van der Waals surface area contributed by atoms with Crippen LogP contribution in [0.15, 0.2) is 24.3 Å². The Morgan fingerprint density at radius 2 is 2.04 bits per heavy atom. The molecule has 0 spiro atoms. The van der Waals surface area contributed by atoms with Crippen molar-refractivity contribution in [1.82, 2.24) is 16.0 Å². The molecule has 2 saturated heterocycles. The Kier molecular flexibility index (Phi) is 5.78. The number of piperidine rings is 1. The lowest BCUT2D eigenvalue weighted by Gasteiger charge is -2.30. The van der Waals surface area contributed by atoms with E-state index in [9.17, 15) is 14.4 Å². The van der Waals surface area contributed by atoms with Gasteiger partial charge < -0.3 is 16.0 Å². The molecule has 140 valence electrons. The minimum atomic E-state index is -0.689. The van der Waals surface area contributed by atoms with Crippen LogP contribution in [0, 0.1) is 5.92 Å². The summed E-state index contributed by atoms with van der Waals surface area (Å²) in [7, 11) is 0. The molecule has 3 unspecified atom stereocenters. The number of benzene rings is 1. The third kappa shape index (κ3) is 4.16. The molecule has 2 fully saturated rings. The highest BCUT2D eigenvalue weighted by Crippen LogP contribution is 2.23. The molecular formula is C18H23ClN4O3. The predicted octanol–water partition coefficient (Wildman–Crippen LogP) is 1.66. The van der Waals surface area contributed by atoms with Gasteiger partial charge in [-0.1, -0.05) is 18.5 Å². The average Bonchev–Trinajstić information content (AvgIpc) is 2.90. The van der Waals surface area contributed by atoms with Crippen LogP contribution in [0.3, 0.4) is 0 Å². The number of carbonyl (C=O) groups is 3. The Morgan fingerprint density at radius 1 is 1.31 bits per heavy atom. The zero-order valence-corrected chi connectivity index (χ0v) is 15.4. The number of amides is 4. The maximum absolute atomic E-state index is 12.5. The van der Waals surface area contributed by atoms with Gasteiger partial charge in [0.25, 0.3) is 5.91 Å². The summed E-state index contributed by atoms with van der Waals surface area (Å²) in [4.78, 5) is 37.9. The first-order chi connectivity index (χ1) is 12.5. The number of imide groups is 1. The van der Waals surface area contributed by atoms with E-state index in [0.29, 0.717) is 16.6 Å². The Bertz CT molecular complexity index is 694. The van der Waals surface area contributed by atoms with E-state index in [1.165, 1.54) is 0 Å². The Balaban J connectivity index is 1.54. The summed E-state index contributed by atoms with van der Waals surface area (Å²) >= 11 is 5.84. The molecule has 3 rings (SSSR count). The van der Waals surface area contributed by atoms with Crippen LogP contribution in [0.5, 0.6) is 0 Å². The average molecular weight is 379 g/mol. The summed E-state index contributed by atoms with van der Waals surface area (Å²) in [6.45, 7) is 3.85. The summed E-state index contributed by atoms with van der Waals surface area (Å²) < 4.78 is 0. The van der Waals surface area contributed by atoms with E-state index in [1.54, 1.807) is 24.3 Å². The van der Waals surface area contributed by atoms with Crippen LogP contribution in [-0.2, 0) is 9.59 Å². The van der Waals surface area contributed by atoms with Crippen molar-refractivity contribution in [1.29, 1.82) is 0 Å². The molecule has 26 heavy (non-hydrogen) atoms. The van der Waals surface area contributed by atoms with E-state index in [-0.39, 0.29) is 30.7 Å². The highest BCUT2D eigenvalue weighted by molar-refractivity contribution is 6.30. The summed E-state index contributed by atoms with van der Waals surface area (Å²) in [5, 5.41) is 9.46. The smallest absolute Gasteiger partial charge is 0.329 e. The van der Waals surface area contributed by atoms with Gasteiger partial charge in [0.05, 0.1) is 5.69 Å². The lowest BCUT2D eigenvalue weighted by Crippen LogP contribution is -2.50. The molecule has 1 aromatic rings. The van der Waals surface area contributed by atoms with Crippen molar-refractivity contribution in [2.45, 2.75) is 38.3 Å². The van der Waals surface area contributed by atoms with Gasteiger partial charge in [-0.25, -0.2) is 9.69 Å². The maximum atomic E-state index is 12.5. The zero-order valence-electron chi connectivity index (χ0n) is 14.6. The van der Waals surface area contributed by atoms with Crippen LogP contribution in [0.2, 0.25) is 5.02 Å². The largest absolute Gasteiger partial charge is 0.352 e. The second kappa shape index (κ2) is 8.05. The lowest BCUT2D eigenvalue weighted by molar-refractivity contribution is -0.122. The number of carbonyl (C=O) groups excluding carboxylic acids is 3. The summed E-state index contributed by atoms with van der Waals surface area (Å²) in [6, 6.07) is 5.42. The van der Waals surface area contributed by atoms with Crippen molar-refractivity contribution in [2.75, 3.05) is 18.0 Å². The number of nitrogens with one attached hydrogen (secondary N) is 3. The molecule has 7 nitrogen and oxygen atoms in total. The standard InChI is InChI=1S/C18H23ClN4O3/c1-11-8-9-20-10-15(11)21-16(24)7-6-14-17(25)23(18(26)22-14)13-4-2-12(19)3-5-13/h2-5,11,14-15,20H,6-10H2,1H3,(H,21,24)(H,22,26). The highest BCUT2D eigenvalue weighted by Gasteiger charge is 2.39. The number of urea groups is 1. The first-order valence-electron chi connectivity index (χ1n) is 8.86. The molecule has 2 aliphatic heterocycles. The van der Waals surface area contributed by atoms with Gasteiger partial charge >= 0.3 is 6.03 Å². The van der Waals surface area contributed by atoms with Crippen molar-refractivity contribution in [3.05, 3.63) is 29.3 Å². The number of rotatable bonds is 5. The van der Waals surface area contributed by atoms with Gasteiger partial charge in [-0.2, -0.15) is 0 Å². The van der Waals surface area contributed by atoms with Gasteiger partial charge in [-0.3, -0.25) is 9.59 Å². The molecule has 3 atom stereocenters. The number of hydrogen-bond acceptors (Lipinski definition) is 4. The van der Waals surface area contributed by atoms with Crippen LogP contribution < -0.4 is 20.9 Å². The van der Waals surface area contributed by atoms with Gasteiger partial charge in [0.1, 0.15) is 6.04 Å². The van der Waals surface area contributed by atoms with Crippen molar-refractivity contribution in [3.8, 4) is 0 Å². The third-order valence-corrected chi connectivity index (χ3v) is 5.19. The fourth-order valence-corrected chi connectivity index (χ4v) is 3.42. The van der Waals surface area contributed by atoms with Crippen molar-refractivity contribution >= 4 is 35.1 Å². The Hall–Kier alpha value is -2.12. The first-order valence-corrected chi connectivity index (χ1v) is 9.23. The van der Waals surface area contributed by atoms with E-state index in [0.717, 1.165) is 24.4 Å². The molecule has 3 N–H and O–H groups in total. The van der Waals surface area contributed by atoms with Gasteiger partial charge in [0, 0.05) is 24.0 Å². The van der Waals surface area contributed by atoms with Crippen LogP contribution in [0.25, 0.3) is 0 Å². The van der Waals surface area contributed by atoms with Crippen molar-refractivity contribution < 1.29 is 14.4 Å². The van der Waals surface area contributed by atoms with Gasteiger partial charge in [0.15, 0.2) is 0 Å². The molecule has 1 aromatic carbocycles. The fraction of sp³-hybridized carbons (Fsp3) is 0.500. The van der Waals surface area contributed by atoms with Crippen molar-refractivity contribution in [2.24, 2.45) is 5.92 Å². The first kappa shape index (κ1) is 18.7. The number of nitrogens with zero attached hydrogens (tertiary/aromatic N) is 1. The number of halogens is 1. The van der Waals surface area contributed by atoms with Crippen molar-refractivity contribution in [3.63, 3.8) is 0 Å². The zero-order chi connectivity index (χ0) is 18.7. The Labute approximate surface area is 157 Å². The molecule has 2 aliphatic rings. The Morgan fingerprint density at radius 3 is 2.73 bits per heavy atom. The SMILES string of the molecule is CC1CCNCC1NC(=O)CCC1NC(=O)N(c2ccc(Cl)cc2)C1=O. The second-order valence-corrected chi connectivity index (χ2v) is 7.27. The van der Waals surface area contributed by atoms with Crippen LogP contribution in [0.1, 0.15) is 26.2 Å². The van der Waals surface area contributed by atoms with E-state index in [2.05, 4.69) is 22.9 Å². The minimum Gasteiger partial charge on any atom is -0.352 e. The molecule has 8 heteroatoms. The van der Waals surface area contributed by atoms with Crippen LogP contribution in [-0.4, -0.2) is 43.0 Å². The lowest BCUT2D eigenvalue weighted by atomic mass is 9.94. The quantitative estimate of drug-likeness (QED) is 0.680. The predicted molar refractivity (Wildman–Crippen MR) is 99.1 cm³/mol. The minimum absolute atomic E-state index is 0.0995. The number of anilines is 1. The second-order valence-electron chi connectivity index (χ2n) is 6.83. The molecule has 2 heterocycles. The van der Waals surface area contributed by atoms with E-state index < -0.39 is 12.1 Å². The molecule has 0 radical (unpaired) electrons. The molecule has 0 aliphatic carbocycles.